The largest absolute Gasteiger partial charge is 0.497 e. The van der Waals surface area contributed by atoms with Crippen molar-refractivity contribution in [3.05, 3.63) is 66.6 Å². The van der Waals surface area contributed by atoms with E-state index in [4.69, 9.17) is 14.2 Å². The molecule has 4 heterocycles. The summed E-state index contributed by atoms with van der Waals surface area (Å²) in [6.45, 7) is 1.80. The molecule has 41 heavy (non-hydrogen) atoms. The van der Waals surface area contributed by atoms with Crippen LogP contribution in [0.4, 0.5) is 24.7 Å². The van der Waals surface area contributed by atoms with E-state index in [1.165, 1.54) is 31.9 Å². The van der Waals surface area contributed by atoms with Crippen LogP contribution >= 0.6 is 0 Å². The van der Waals surface area contributed by atoms with Gasteiger partial charge < -0.3 is 24.4 Å². The molecule has 0 amide bonds. The van der Waals surface area contributed by atoms with Crippen LogP contribution in [-0.2, 0) is 0 Å². The summed E-state index contributed by atoms with van der Waals surface area (Å²) in [6, 6.07) is 9.36. The Labute approximate surface area is 232 Å². The number of fused-ring (bicyclic) bond motifs is 2. The van der Waals surface area contributed by atoms with Crippen molar-refractivity contribution in [1.82, 2.24) is 29.5 Å². The number of pyridine rings is 1. The Hall–Kier alpha value is -4.65. The number of ether oxygens (including phenoxy) is 3. The molecule has 1 saturated heterocycles. The molecule has 0 bridgehead atoms. The van der Waals surface area contributed by atoms with Gasteiger partial charge in [0, 0.05) is 43.4 Å². The Bertz CT molecular complexity index is 1750. The lowest BCUT2D eigenvalue weighted by Gasteiger charge is -2.36. The second-order valence-corrected chi connectivity index (χ2v) is 9.89. The number of halogens is 3. The van der Waals surface area contributed by atoms with Gasteiger partial charge in [-0.15, -0.1) is 0 Å². The van der Waals surface area contributed by atoms with Gasteiger partial charge in [-0.3, -0.25) is 0 Å². The molecule has 10 nitrogen and oxygen atoms in total. The van der Waals surface area contributed by atoms with Gasteiger partial charge in [-0.25, -0.2) is 32.6 Å². The molecule has 1 atom stereocenters. The summed E-state index contributed by atoms with van der Waals surface area (Å²) in [5.41, 5.74) is 1.71. The summed E-state index contributed by atoms with van der Waals surface area (Å²) in [5, 5.41) is 7.36. The van der Waals surface area contributed by atoms with E-state index >= 15 is 4.39 Å². The van der Waals surface area contributed by atoms with Gasteiger partial charge in [-0.2, -0.15) is 5.10 Å². The van der Waals surface area contributed by atoms with E-state index in [9.17, 15) is 8.78 Å². The summed E-state index contributed by atoms with van der Waals surface area (Å²) in [6.07, 6.45) is 3.16. The summed E-state index contributed by atoms with van der Waals surface area (Å²) in [5.74, 6) is -2.24. The average molecular weight is 566 g/mol. The van der Waals surface area contributed by atoms with Gasteiger partial charge in [-0.1, -0.05) is 0 Å². The molecule has 6 rings (SSSR count). The van der Waals surface area contributed by atoms with Gasteiger partial charge in [0.05, 0.1) is 30.2 Å². The SMILES string of the molecule is COc1cc(O[C@H]2CCN(C)CC2(F)F)c2c(Nc3cc(C)c(Oc4ccn5ncnc5c4)cc3F)ncnc2c1. The van der Waals surface area contributed by atoms with Crippen molar-refractivity contribution in [2.75, 3.05) is 32.6 Å². The number of hydrogen-bond donors (Lipinski definition) is 1. The molecule has 0 saturated carbocycles. The molecule has 0 unspecified atom stereocenters. The Morgan fingerprint density at radius 3 is 2.68 bits per heavy atom. The van der Waals surface area contributed by atoms with E-state index in [0.717, 1.165) is 0 Å². The lowest BCUT2D eigenvalue weighted by atomic mass is 10.0. The Balaban J connectivity index is 1.33. The van der Waals surface area contributed by atoms with E-state index in [0.29, 0.717) is 45.9 Å². The number of benzene rings is 2. The third-order valence-corrected chi connectivity index (χ3v) is 6.90. The summed E-state index contributed by atoms with van der Waals surface area (Å²) < 4.78 is 63.9. The standard InChI is InChI=1S/C28H26F3N7O3/c1-16-8-20(19(29)12-22(16)40-17-4-7-38-25(11-17)33-15-35-38)36-27-26-21(32-14-34-27)9-18(39-3)10-23(26)41-24-5-6-37(2)13-28(24,30)31/h4,7-12,14-15,24H,5-6,13H2,1-3H3,(H,32,34,36)/t24-/m0/s1. The third kappa shape index (κ3) is 5.27. The van der Waals surface area contributed by atoms with Crippen LogP contribution in [0.3, 0.4) is 0 Å². The van der Waals surface area contributed by atoms with Crippen molar-refractivity contribution >= 4 is 28.1 Å². The Morgan fingerprint density at radius 1 is 1.02 bits per heavy atom. The van der Waals surface area contributed by atoms with Crippen molar-refractivity contribution in [2.24, 2.45) is 0 Å². The Kier molecular flexibility index (Phi) is 6.73. The average Bonchev–Trinajstić information content (AvgIpc) is 3.40. The van der Waals surface area contributed by atoms with Crippen LogP contribution in [0.15, 0.2) is 55.2 Å². The van der Waals surface area contributed by atoms with Gasteiger partial charge in [0.1, 0.15) is 47.3 Å². The van der Waals surface area contributed by atoms with Crippen molar-refractivity contribution in [2.45, 2.75) is 25.4 Å². The van der Waals surface area contributed by atoms with Crippen molar-refractivity contribution in [3.63, 3.8) is 0 Å². The number of hydrogen-bond acceptors (Lipinski definition) is 9. The molecule has 0 aliphatic carbocycles. The fourth-order valence-electron chi connectivity index (χ4n) is 4.81. The number of anilines is 2. The predicted molar refractivity (Wildman–Crippen MR) is 145 cm³/mol. The van der Waals surface area contributed by atoms with Gasteiger partial charge in [0.25, 0.3) is 5.92 Å². The lowest BCUT2D eigenvalue weighted by molar-refractivity contribution is -0.134. The zero-order chi connectivity index (χ0) is 28.7. The summed E-state index contributed by atoms with van der Waals surface area (Å²) in [4.78, 5) is 14.3. The third-order valence-electron chi connectivity index (χ3n) is 6.90. The van der Waals surface area contributed by atoms with Crippen LogP contribution in [0.2, 0.25) is 0 Å². The highest BCUT2D eigenvalue weighted by atomic mass is 19.3. The fraction of sp³-hybridized carbons (Fsp3) is 0.286. The van der Waals surface area contributed by atoms with Gasteiger partial charge in [-0.05, 0) is 31.7 Å². The highest BCUT2D eigenvalue weighted by Gasteiger charge is 2.45. The number of methoxy groups -OCH3 is 1. The van der Waals surface area contributed by atoms with E-state index in [-0.39, 0.29) is 23.7 Å². The van der Waals surface area contributed by atoms with Gasteiger partial charge in [0.15, 0.2) is 11.8 Å². The molecule has 0 spiro atoms. The van der Waals surface area contributed by atoms with E-state index < -0.39 is 24.4 Å². The molecule has 1 N–H and O–H groups in total. The first-order valence-electron chi connectivity index (χ1n) is 12.8. The smallest absolute Gasteiger partial charge is 0.296 e. The minimum Gasteiger partial charge on any atom is -0.497 e. The number of nitrogens with one attached hydrogen (secondary N) is 1. The van der Waals surface area contributed by atoms with Gasteiger partial charge in [0.2, 0.25) is 0 Å². The number of aryl methyl sites for hydroxylation is 1. The van der Waals surface area contributed by atoms with Crippen LogP contribution in [-0.4, -0.2) is 68.7 Å². The number of nitrogens with zero attached hydrogens (tertiary/aromatic N) is 6. The fourth-order valence-corrected chi connectivity index (χ4v) is 4.81. The zero-order valence-corrected chi connectivity index (χ0v) is 22.4. The summed E-state index contributed by atoms with van der Waals surface area (Å²) >= 11 is 0. The molecule has 3 aromatic heterocycles. The van der Waals surface area contributed by atoms with Crippen LogP contribution in [0.1, 0.15) is 12.0 Å². The monoisotopic (exact) mass is 565 g/mol. The normalized spacial score (nSPS) is 17.1. The van der Waals surface area contributed by atoms with Crippen LogP contribution in [0.5, 0.6) is 23.0 Å². The number of aromatic nitrogens is 5. The predicted octanol–water partition coefficient (Wildman–Crippen LogP) is 5.38. The maximum Gasteiger partial charge on any atom is 0.296 e. The first-order chi connectivity index (χ1) is 19.7. The molecular formula is C28H26F3N7O3. The molecule has 0 radical (unpaired) electrons. The number of likely N-dealkylation sites (tertiary alicyclic amines) is 1. The van der Waals surface area contributed by atoms with Crippen LogP contribution in [0, 0.1) is 12.7 Å². The van der Waals surface area contributed by atoms with E-state index in [1.807, 2.05) is 0 Å². The van der Waals surface area contributed by atoms with Gasteiger partial charge >= 0.3 is 0 Å². The number of rotatable bonds is 7. The van der Waals surface area contributed by atoms with E-state index in [1.54, 1.807) is 53.8 Å². The van der Waals surface area contributed by atoms with Crippen LogP contribution in [0.25, 0.3) is 16.6 Å². The molecule has 2 aromatic carbocycles. The van der Waals surface area contributed by atoms with Crippen molar-refractivity contribution in [1.29, 1.82) is 0 Å². The number of alkyl halides is 2. The molecule has 212 valence electrons. The lowest BCUT2D eigenvalue weighted by Crippen LogP contribution is -2.52. The van der Waals surface area contributed by atoms with Crippen LogP contribution < -0.4 is 19.5 Å². The first kappa shape index (κ1) is 26.6. The second-order valence-electron chi connectivity index (χ2n) is 9.89. The molecule has 13 heteroatoms. The molecule has 1 fully saturated rings. The molecule has 1 aliphatic rings. The quantitative estimate of drug-likeness (QED) is 0.279. The zero-order valence-electron chi connectivity index (χ0n) is 22.4. The Morgan fingerprint density at radius 2 is 1.88 bits per heavy atom. The molecule has 1 aliphatic heterocycles. The molecule has 5 aromatic rings. The minimum atomic E-state index is -3.08. The molecular weight excluding hydrogens is 539 g/mol. The summed E-state index contributed by atoms with van der Waals surface area (Å²) in [7, 11) is 3.10. The highest BCUT2D eigenvalue weighted by molar-refractivity contribution is 5.97. The minimum absolute atomic E-state index is 0.106. The van der Waals surface area contributed by atoms with Crippen molar-refractivity contribution in [3.8, 4) is 23.0 Å². The maximum absolute atomic E-state index is 15.4. The highest BCUT2D eigenvalue weighted by Crippen LogP contribution is 2.40. The second kappa shape index (κ2) is 10.4. The van der Waals surface area contributed by atoms with E-state index in [2.05, 4.69) is 25.4 Å². The topological polar surface area (TPSA) is 98.9 Å². The number of piperidine rings is 1. The van der Waals surface area contributed by atoms with Crippen molar-refractivity contribution < 1.29 is 27.4 Å². The first-order valence-corrected chi connectivity index (χ1v) is 12.8. The maximum atomic E-state index is 15.4.